The lowest BCUT2D eigenvalue weighted by molar-refractivity contribution is -0.140. The van der Waals surface area contributed by atoms with Crippen molar-refractivity contribution in [3.63, 3.8) is 0 Å². The molecule has 2 saturated heterocycles. The van der Waals surface area contributed by atoms with Gasteiger partial charge in [0.05, 0.1) is 25.4 Å². The third-order valence-corrected chi connectivity index (χ3v) is 5.93. The average Bonchev–Trinajstić information content (AvgIpc) is 3.37. The highest BCUT2D eigenvalue weighted by atomic mass is 16.5. The molecule has 4 rings (SSSR count). The summed E-state index contributed by atoms with van der Waals surface area (Å²) in [4.78, 5) is 29.8. The minimum absolute atomic E-state index is 0.0403. The first kappa shape index (κ1) is 23.1. The van der Waals surface area contributed by atoms with Gasteiger partial charge < -0.3 is 23.9 Å². The summed E-state index contributed by atoms with van der Waals surface area (Å²) in [7, 11) is 0. The number of aliphatic hydroxyl groups is 1. The summed E-state index contributed by atoms with van der Waals surface area (Å²) in [5.74, 6) is 0.242. The molecule has 1 N–H and O–H groups in total. The van der Waals surface area contributed by atoms with Crippen LogP contribution in [0.4, 0.5) is 0 Å². The van der Waals surface area contributed by atoms with Crippen LogP contribution in [0, 0.1) is 6.92 Å². The van der Waals surface area contributed by atoms with Gasteiger partial charge in [0.15, 0.2) is 0 Å². The van der Waals surface area contributed by atoms with Crippen molar-refractivity contribution in [2.45, 2.75) is 26.3 Å². The number of carbonyl (C=O) groups is 2. The van der Waals surface area contributed by atoms with Gasteiger partial charge in [0.25, 0.3) is 11.7 Å². The van der Waals surface area contributed by atoms with Crippen molar-refractivity contribution in [1.82, 2.24) is 9.80 Å². The van der Waals surface area contributed by atoms with Crippen molar-refractivity contribution in [2.24, 2.45) is 0 Å². The van der Waals surface area contributed by atoms with Crippen LogP contribution >= 0.6 is 0 Å². The topological polar surface area (TPSA) is 92.5 Å². The molecule has 1 aromatic heterocycles. The number of carbonyl (C=O) groups excluding carboxylic acids is 2. The molecule has 3 heterocycles. The molecule has 2 aliphatic rings. The second kappa shape index (κ2) is 10.2. The predicted molar refractivity (Wildman–Crippen MR) is 122 cm³/mol. The number of aliphatic hydroxyl groups excluding tert-OH is 1. The summed E-state index contributed by atoms with van der Waals surface area (Å²) in [6, 6.07) is 9.62. The number of likely N-dealkylation sites (tertiary alicyclic amines) is 1. The van der Waals surface area contributed by atoms with Gasteiger partial charge in [-0.2, -0.15) is 0 Å². The molecule has 2 fully saturated rings. The van der Waals surface area contributed by atoms with E-state index in [1.54, 1.807) is 43.3 Å². The normalized spacial score (nSPS) is 21.0. The SMILES string of the molecule is CCCOc1ccc(/C(O)=C2\C(=O)C(=O)N(CCN3CCOCC3)[C@@H]2c2ccc(C)o2)cc1. The Bertz CT molecular complexity index is 1020. The minimum atomic E-state index is -0.782. The van der Waals surface area contributed by atoms with Crippen molar-refractivity contribution in [3.8, 4) is 5.75 Å². The van der Waals surface area contributed by atoms with Crippen LogP contribution in [-0.4, -0.2) is 72.6 Å². The van der Waals surface area contributed by atoms with Crippen molar-refractivity contribution in [2.75, 3.05) is 46.0 Å². The van der Waals surface area contributed by atoms with E-state index in [2.05, 4.69) is 4.90 Å². The number of hydrogen-bond acceptors (Lipinski definition) is 7. The molecule has 33 heavy (non-hydrogen) atoms. The van der Waals surface area contributed by atoms with Crippen molar-refractivity contribution >= 4 is 17.4 Å². The van der Waals surface area contributed by atoms with E-state index >= 15 is 0 Å². The standard InChI is InChI=1S/C25H30N2O6/c1-3-14-32-19-7-5-18(6-8-19)23(28)21-22(20-9-4-17(2)33-20)27(25(30)24(21)29)11-10-26-12-15-31-16-13-26/h4-9,22,28H,3,10-16H2,1-2H3/b23-21+/t22-/m1/s1. The molecule has 2 aliphatic heterocycles. The van der Waals surface area contributed by atoms with E-state index in [-0.39, 0.29) is 11.3 Å². The van der Waals surface area contributed by atoms with Crippen molar-refractivity contribution < 1.29 is 28.6 Å². The van der Waals surface area contributed by atoms with E-state index in [9.17, 15) is 14.7 Å². The molecule has 0 bridgehead atoms. The summed E-state index contributed by atoms with van der Waals surface area (Å²) in [5, 5.41) is 11.1. The number of ether oxygens (including phenoxy) is 2. The van der Waals surface area contributed by atoms with Gasteiger partial charge in [-0.25, -0.2) is 0 Å². The number of nitrogens with zero attached hydrogens (tertiary/aromatic N) is 2. The molecule has 8 heteroatoms. The van der Waals surface area contributed by atoms with E-state index in [1.807, 2.05) is 6.92 Å². The molecule has 1 atom stereocenters. The maximum Gasteiger partial charge on any atom is 0.295 e. The first-order valence-corrected chi connectivity index (χ1v) is 11.4. The van der Waals surface area contributed by atoms with Crippen LogP contribution in [-0.2, 0) is 14.3 Å². The molecule has 0 radical (unpaired) electrons. The van der Waals surface area contributed by atoms with Crippen molar-refractivity contribution in [1.29, 1.82) is 0 Å². The van der Waals surface area contributed by atoms with Gasteiger partial charge in [-0.15, -0.1) is 0 Å². The number of Topliss-reactive ketones (excluding diaryl/α,β-unsaturated/α-hetero) is 1. The second-order valence-corrected chi connectivity index (χ2v) is 8.27. The summed E-state index contributed by atoms with van der Waals surface area (Å²) < 4.78 is 16.8. The maximum atomic E-state index is 13.1. The largest absolute Gasteiger partial charge is 0.507 e. The second-order valence-electron chi connectivity index (χ2n) is 8.27. The number of aryl methyl sites for hydroxylation is 1. The Morgan fingerprint density at radius 2 is 1.82 bits per heavy atom. The third kappa shape index (κ3) is 4.96. The van der Waals surface area contributed by atoms with Crippen LogP contribution in [0.2, 0.25) is 0 Å². The fourth-order valence-corrected chi connectivity index (χ4v) is 4.17. The van der Waals surface area contributed by atoms with E-state index in [0.29, 0.717) is 55.7 Å². The number of ketones is 1. The van der Waals surface area contributed by atoms with Gasteiger partial charge in [-0.1, -0.05) is 6.92 Å². The van der Waals surface area contributed by atoms with Gasteiger partial charge in [0, 0.05) is 31.7 Å². The Kier molecular flexibility index (Phi) is 7.15. The summed E-state index contributed by atoms with van der Waals surface area (Å²) in [5.41, 5.74) is 0.483. The van der Waals surface area contributed by atoms with Gasteiger partial charge in [0.1, 0.15) is 29.1 Å². The summed E-state index contributed by atoms with van der Waals surface area (Å²) in [6.07, 6.45) is 0.887. The zero-order valence-corrected chi connectivity index (χ0v) is 19.1. The molecule has 2 aromatic rings. The van der Waals surface area contributed by atoms with E-state index < -0.39 is 17.7 Å². The van der Waals surface area contributed by atoms with Crippen molar-refractivity contribution in [3.05, 3.63) is 59.1 Å². The first-order valence-electron chi connectivity index (χ1n) is 11.4. The molecule has 176 valence electrons. The first-order chi connectivity index (χ1) is 16.0. The zero-order valence-electron chi connectivity index (χ0n) is 19.1. The molecule has 0 saturated carbocycles. The highest BCUT2D eigenvalue weighted by molar-refractivity contribution is 6.46. The number of hydrogen-bond donors (Lipinski definition) is 1. The average molecular weight is 455 g/mol. The molecule has 1 aromatic carbocycles. The highest BCUT2D eigenvalue weighted by Gasteiger charge is 2.47. The summed E-state index contributed by atoms with van der Waals surface area (Å²) in [6.45, 7) is 8.23. The fraction of sp³-hybridized carbons (Fsp3) is 0.440. The van der Waals surface area contributed by atoms with Crippen LogP contribution in [0.1, 0.15) is 36.5 Å². The van der Waals surface area contributed by atoms with Crippen LogP contribution < -0.4 is 4.74 Å². The van der Waals surface area contributed by atoms with Crippen LogP contribution in [0.3, 0.4) is 0 Å². The van der Waals surface area contributed by atoms with E-state index in [1.165, 1.54) is 4.90 Å². The highest BCUT2D eigenvalue weighted by Crippen LogP contribution is 2.40. The molecule has 0 spiro atoms. The Balaban J connectivity index is 1.65. The zero-order chi connectivity index (χ0) is 23.4. The Hall–Kier alpha value is -3.10. The smallest absolute Gasteiger partial charge is 0.295 e. The van der Waals surface area contributed by atoms with Crippen LogP contribution in [0.15, 0.2) is 46.4 Å². The lowest BCUT2D eigenvalue weighted by Crippen LogP contribution is -2.42. The monoisotopic (exact) mass is 454 g/mol. The predicted octanol–water partition coefficient (Wildman–Crippen LogP) is 3.13. The fourth-order valence-electron chi connectivity index (χ4n) is 4.17. The molecule has 0 unspecified atom stereocenters. The molecule has 8 nitrogen and oxygen atoms in total. The number of rotatable bonds is 8. The number of benzene rings is 1. The number of morpholine rings is 1. The van der Waals surface area contributed by atoms with Crippen LogP contribution in [0.5, 0.6) is 5.75 Å². The third-order valence-electron chi connectivity index (χ3n) is 5.93. The lowest BCUT2D eigenvalue weighted by atomic mass is 9.99. The number of furan rings is 1. The maximum absolute atomic E-state index is 13.1. The number of amides is 1. The Labute approximate surface area is 193 Å². The van der Waals surface area contributed by atoms with Gasteiger partial charge in [-0.3, -0.25) is 14.5 Å². The van der Waals surface area contributed by atoms with Gasteiger partial charge in [0.2, 0.25) is 0 Å². The van der Waals surface area contributed by atoms with Crippen LogP contribution in [0.25, 0.3) is 5.76 Å². The van der Waals surface area contributed by atoms with Gasteiger partial charge >= 0.3 is 0 Å². The molecular formula is C25H30N2O6. The summed E-state index contributed by atoms with van der Waals surface area (Å²) >= 11 is 0. The van der Waals surface area contributed by atoms with Gasteiger partial charge in [-0.05, 0) is 49.7 Å². The molecular weight excluding hydrogens is 424 g/mol. The molecule has 0 aliphatic carbocycles. The molecule has 1 amide bonds. The lowest BCUT2D eigenvalue weighted by Gasteiger charge is -2.30. The van der Waals surface area contributed by atoms with E-state index in [4.69, 9.17) is 13.9 Å². The quantitative estimate of drug-likeness (QED) is 0.372. The Morgan fingerprint density at radius 1 is 1.09 bits per heavy atom. The minimum Gasteiger partial charge on any atom is -0.507 e. The van der Waals surface area contributed by atoms with E-state index in [0.717, 1.165) is 19.5 Å². The Morgan fingerprint density at radius 3 is 2.45 bits per heavy atom.